The molecule has 0 aromatic carbocycles. The number of unbranched alkanes of at least 4 members (excludes halogenated alkanes) is 12. The van der Waals surface area contributed by atoms with Gasteiger partial charge in [0, 0.05) is 43.9 Å². The van der Waals surface area contributed by atoms with Crippen LogP contribution in [0.15, 0.2) is 24.3 Å². The predicted octanol–water partition coefficient (Wildman–Crippen LogP) is 6.68. The quantitative estimate of drug-likeness (QED) is 0.0147. The molecule has 1 aliphatic carbocycles. The summed E-state index contributed by atoms with van der Waals surface area (Å²) in [6.45, 7) is 1.20. The van der Waals surface area contributed by atoms with Crippen molar-refractivity contribution in [1.29, 1.82) is 0 Å². The van der Waals surface area contributed by atoms with E-state index in [-0.39, 0.29) is 44.3 Å². The van der Waals surface area contributed by atoms with Gasteiger partial charge in [0.15, 0.2) is 6.10 Å². The summed E-state index contributed by atoms with van der Waals surface area (Å²) >= 11 is 0. The number of hydrogen-bond acceptors (Lipinski definition) is 14. The molecule has 19 heteroatoms. The van der Waals surface area contributed by atoms with Gasteiger partial charge in [-0.1, -0.05) is 95.9 Å². The van der Waals surface area contributed by atoms with E-state index in [1.165, 1.54) is 25.7 Å². The Balaban J connectivity index is 2.59. The Morgan fingerprint density at radius 1 is 0.672 bits per heavy atom. The number of hydrogen-bond donors (Lipinski definition) is 7. The van der Waals surface area contributed by atoms with Crippen LogP contribution < -0.4 is 0 Å². The predicted molar refractivity (Wildman–Crippen MR) is 228 cm³/mol. The fourth-order valence-electron chi connectivity index (χ4n) is 6.81. The normalized spacial score (nSPS) is 20.8. The highest BCUT2D eigenvalue weighted by molar-refractivity contribution is 7.47. The fourth-order valence-corrected chi connectivity index (χ4v) is 7.96. The van der Waals surface area contributed by atoms with Crippen LogP contribution in [0.1, 0.15) is 155 Å². The first-order valence-electron chi connectivity index (χ1n) is 22.2. The van der Waals surface area contributed by atoms with Crippen LogP contribution >= 0.6 is 15.6 Å². The Morgan fingerprint density at radius 2 is 1.23 bits per heavy atom. The molecule has 1 rings (SSSR count). The van der Waals surface area contributed by atoms with Gasteiger partial charge in [-0.05, 0) is 51.4 Å². The maximum absolute atomic E-state index is 12.8. The average Bonchev–Trinajstić information content (AvgIpc) is 3.46. The van der Waals surface area contributed by atoms with E-state index in [4.69, 9.17) is 23.8 Å². The van der Waals surface area contributed by atoms with E-state index in [2.05, 4.69) is 35.0 Å². The Kier molecular flexibility index (Phi) is 31.5. The highest BCUT2D eigenvalue weighted by Gasteiger charge is 2.41. The summed E-state index contributed by atoms with van der Waals surface area (Å²) < 4.78 is 47.6. The van der Waals surface area contributed by atoms with Crippen molar-refractivity contribution in [2.75, 3.05) is 26.4 Å². The summed E-state index contributed by atoms with van der Waals surface area (Å²) in [6.07, 6.45) is 18.1. The van der Waals surface area contributed by atoms with Crippen LogP contribution in [0.5, 0.6) is 0 Å². The van der Waals surface area contributed by atoms with E-state index in [1.54, 1.807) is 12.2 Å². The third-order valence-corrected chi connectivity index (χ3v) is 11.7. The molecule has 0 heterocycles. The molecular formula is C42H76O17P2. The van der Waals surface area contributed by atoms with Gasteiger partial charge in [0.2, 0.25) is 0 Å². The number of esters is 2. The average molecular weight is 915 g/mol. The second-order valence-corrected chi connectivity index (χ2v) is 18.6. The van der Waals surface area contributed by atoms with E-state index in [1.807, 2.05) is 0 Å². The molecule has 0 radical (unpaired) electrons. The Morgan fingerprint density at radius 3 is 1.90 bits per heavy atom. The SMILES string of the molecule is CCCCCC/C=C\CCCCCCCC(=O)O[C@H](COC(=O)CCCCC(=O)C[C@@H]1[C@@H](/C=C/[C@@H](O)CCCCC)[C@H](O)C[C@@H]1O)COP(=O)(O)OC[C@@H](O)COP(=O)(O)O. The number of allylic oxidation sites excluding steroid dienone is 2. The van der Waals surface area contributed by atoms with E-state index in [9.17, 15) is 48.8 Å². The molecule has 7 N–H and O–H groups in total. The molecule has 17 nitrogen and oxygen atoms in total. The monoisotopic (exact) mass is 914 g/mol. The largest absolute Gasteiger partial charge is 0.472 e. The zero-order valence-corrected chi connectivity index (χ0v) is 38.1. The molecule has 1 unspecified atom stereocenters. The minimum Gasteiger partial charge on any atom is -0.462 e. The summed E-state index contributed by atoms with van der Waals surface area (Å²) in [5.41, 5.74) is 0. The van der Waals surface area contributed by atoms with Gasteiger partial charge in [-0.2, -0.15) is 0 Å². The first kappa shape index (κ1) is 57.2. The highest BCUT2D eigenvalue weighted by atomic mass is 31.2. The van der Waals surface area contributed by atoms with Crippen LogP contribution in [0.3, 0.4) is 0 Å². The van der Waals surface area contributed by atoms with Gasteiger partial charge in [-0.15, -0.1) is 0 Å². The Hall–Kier alpha value is -1.85. The smallest absolute Gasteiger partial charge is 0.462 e. The molecule has 0 aliphatic heterocycles. The van der Waals surface area contributed by atoms with E-state index >= 15 is 0 Å². The lowest BCUT2D eigenvalue weighted by Gasteiger charge is -2.21. The summed E-state index contributed by atoms with van der Waals surface area (Å²) in [4.78, 5) is 65.7. The first-order valence-corrected chi connectivity index (χ1v) is 25.2. The Bertz CT molecular complexity index is 1350. The molecule has 356 valence electrons. The molecule has 8 atom stereocenters. The molecule has 0 spiro atoms. The van der Waals surface area contributed by atoms with Crippen molar-refractivity contribution in [3.8, 4) is 0 Å². The number of phosphoric acid groups is 2. The van der Waals surface area contributed by atoms with Crippen LogP contribution in [0.25, 0.3) is 0 Å². The third-order valence-electron chi connectivity index (χ3n) is 10.3. The summed E-state index contributed by atoms with van der Waals surface area (Å²) in [5, 5.41) is 41.0. The lowest BCUT2D eigenvalue weighted by Crippen LogP contribution is -2.30. The minimum absolute atomic E-state index is 0.0339. The van der Waals surface area contributed by atoms with Crippen molar-refractivity contribution in [1.82, 2.24) is 0 Å². The Labute approximate surface area is 362 Å². The van der Waals surface area contributed by atoms with Gasteiger partial charge in [0.05, 0.1) is 38.1 Å². The van der Waals surface area contributed by atoms with Crippen molar-refractivity contribution in [2.24, 2.45) is 11.8 Å². The van der Waals surface area contributed by atoms with E-state index < -0.39 is 96.4 Å². The molecule has 0 saturated heterocycles. The number of ketones is 1. The molecule has 1 aliphatic rings. The molecule has 0 bridgehead atoms. The molecule has 1 fully saturated rings. The number of aliphatic hydroxyl groups excluding tert-OH is 4. The number of phosphoric ester groups is 2. The number of carbonyl (C=O) groups is 3. The maximum Gasteiger partial charge on any atom is 0.472 e. The standard InChI is InChI=1S/C42H76O17P2/c1-3-5-7-8-9-10-11-12-13-14-15-16-18-24-42(49)59-36(32-58-61(53,54)57-30-35(45)29-56-60(50,51)52)31-55-41(48)23-20-19-22-34(44)27-38-37(39(46)28-40(38)47)26-25-33(43)21-17-6-4-2/h10-11,25-26,33,35-40,43,45-47H,3-9,12-24,27-32H2,1-2H3,(H,53,54)(H2,50,51,52)/b11-10-,26-25+/t33-,35-,36+,37+,38+,39+,40-/m0/s1. The highest BCUT2D eigenvalue weighted by Crippen LogP contribution is 2.44. The van der Waals surface area contributed by atoms with Crippen LogP contribution in [-0.2, 0) is 46.6 Å². The molecular weight excluding hydrogens is 838 g/mol. The lowest BCUT2D eigenvalue weighted by atomic mass is 9.87. The summed E-state index contributed by atoms with van der Waals surface area (Å²) in [5.74, 6) is -2.44. The van der Waals surface area contributed by atoms with Crippen molar-refractivity contribution in [3.05, 3.63) is 24.3 Å². The molecule has 0 amide bonds. The van der Waals surface area contributed by atoms with Crippen molar-refractivity contribution < 1.29 is 81.7 Å². The molecule has 0 aromatic rings. The minimum atomic E-state index is -4.91. The van der Waals surface area contributed by atoms with Gasteiger partial charge < -0.3 is 44.6 Å². The van der Waals surface area contributed by atoms with Crippen LogP contribution in [0, 0.1) is 11.8 Å². The van der Waals surface area contributed by atoms with E-state index in [0.717, 1.165) is 57.8 Å². The molecule has 1 saturated carbocycles. The second-order valence-electron chi connectivity index (χ2n) is 15.9. The van der Waals surface area contributed by atoms with Gasteiger partial charge in [-0.25, -0.2) is 9.13 Å². The molecule has 0 aromatic heterocycles. The van der Waals surface area contributed by atoms with Gasteiger partial charge >= 0.3 is 27.6 Å². The number of rotatable bonds is 38. The van der Waals surface area contributed by atoms with Gasteiger partial charge in [0.25, 0.3) is 0 Å². The number of ether oxygens (including phenoxy) is 2. The fraction of sp³-hybridized carbons (Fsp3) is 0.833. The number of Topliss-reactive ketones (excluding diaryl/α,β-unsaturated/α-hetero) is 1. The van der Waals surface area contributed by atoms with Crippen LogP contribution in [0.4, 0.5) is 0 Å². The van der Waals surface area contributed by atoms with Crippen LogP contribution in [-0.4, -0.2) is 110 Å². The second kappa shape index (κ2) is 33.6. The third kappa shape index (κ3) is 30.8. The summed E-state index contributed by atoms with van der Waals surface area (Å²) in [6, 6.07) is 0. The van der Waals surface area contributed by atoms with Gasteiger partial charge in [-0.3, -0.25) is 28.0 Å². The molecule has 61 heavy (non-hydrogen) atoms. The van der Waals surface area contributed by atoms with Crippen molar-refractivity contribution in [3.63, 3.8) is 0 Å². The summed E-state index contributed by atoms with van der Waals surface area (Å²) in [7, 11) is -9.80. The lowest BCUT2D eigenvalue weighted by molar-refractivity contribution is -0.161. The zero-order chi connectivity index (χ0) is 45.5. The maximum atomic E-state index is 12.8. The van der Waals surface area contributed by atoms with Crippen molar-refractivity contribution >= 4 is 33.4 Å². The van der Waals surface area contributed by atoms with Crippen LogP contribution in [0.2, 0.25) is 0 Å². The van der Waals surface area contributed by atoms with Crippen molar-refractivity contribution in [2.45, 2.75) is 186 Å². The zero-order valence-electron chi connectivity index (χ0n) is 36.3. The number of aliphatic hydroxyl groups is 4. The van der Waals surface area contributed by atoms with Gasteiger partial charge in [0.1, 0.15) is 18.5 Å². The number of carbonyl (C=O) groups excluding carboxylic acids is 3. The topological polar surface area (TPSA) is 273 Å². The van der Waals surface area contributed by atoms with E-state index in [0.29, 0.717) is 19.3 Å². The first-order chi connectivity index (χ1) is 29.0.